The molecular formula is C22H30ClN3O2. The molecule has 2 aliphatic rings. The van der Waals surface area contributed by atoms with Crippen LogP contribution in [0.2, 0.25) is 5.28 Å². The number of fused-ring (bicyclic) bond motifs is 1. The Bertz CT molecular complexity index is 802. The number of halogens is 1. The predicted molar refractivity (Wildman–Crippen MR) is 113 cm³/mol. The van der Waals surface area contributed by atoms with Crippen LogP contribution in [-0.2, 0) is 0 Å². The lowest BCUT2D eigenvalue weighted by atomic mass is 9.85. The van der Waals surface area contributed by atoms with E-state index in [-0.39, 0.29) is 0 Å². The molecule has 1 aromatic carbocycles. The molecule has 0 N–H and O–H groups in total. The molecule has 0 bridgehead atoms. The Labute approximate surface area is 172 Å². The summed E-state index contributed by atoms with van der Waals surface area (Å²) in [4.78, 5) is 11.6. The maximum atomic E-state index is 6.27. The largest absolute Gasteiger partial charge is 0.493 e. The summed E-state index contributed by atoms with van der Waals surface area (Å²) in [6.45, 7) is 4.21. The molecule has 0 atom stereocenters. The third-order valence-corrected chi connectivity index (χ3v) is 6.22. The first kappa shape index (κ1) is 19.7. The van der Waals surface area contributed by atoms with E-state index < -0.39 is 0 Å². The lowest BCUT2D eigenvalue weighted by Gasteiger charge is -2.23. The van der Waals surface area contributed by atoms with Crippen LogP contribution >= 0.6 is 11.6 Å². The Balaban J connectivity index is 1.53. The Hall–Kier alpha value is -1.59. The van der Waals surface area contributed by atoms with Gasteiger partial charge in [-0.15, -0.1) is 0 Å². The molecule has 2 heterocycles. The molecule has 2 fully saturated rings. The van der Waals surface area contributed by atoms with Gasteiger partial charge in [0.05, 0.1) is 24.9 Å². The van der Waals surface area contributed by atoms with E-state index in [2.05, 4.69) is 14.9 Å². The van der Waals surface area contributed by atoms with Crippen LogP contribution in [0.4, 0.5) is 0 Å². The number of hydrogen-bond donors (Lipinski definition) is 0. The molecule has 152 valence electrons. The number of likely N-dealkylation sites (tertiary alicyclic amines) is 1. The van der Waals surface area contributed by atoms with Gasteiger partial charge in [-0.2, -0.15) is 0 Å². The summed E-state index contributed by atoms with van der Waals surface area (Å²) in [5.74, 6) is 1.94. The van der Waals surface area contributed by atoms with Gasteiger partial charge in [0.1, 0.15) is 0 Å². The third-order valence-electron chi connectivity index (χ3n) is 6.05. The average molecular weight is 404 g/mol. The lowest BCUT2D eigenvalue weighted by molar-refractivity contribution is 0.254. The van der Waals surface area contributed by atoms with Gasteiger partial charge in [-0.3, -0.25) is 0 Å². The molecule has 0 spiro atoms. The summed E-state index contributed by atoms with van der Waals surface area (Å²) in [6, 6.07) is 4.00. The normalized spacial score (nSPS) is 18.6. The predicted octanol–water partition coefficient (Wildman–Crippen LogP) is 5.20. The van der Waals surface area contributed by atoms with Gasteiger partial charge in [0.2, 0.25) is 5.28 Å². The third kappa shape index (κ3) is 4.52. The molecule has 5 nitrogen and oxygen atoms in total. The highest BCUT2D eigenvalue weighted by Crippen LogP contribution is 2.39. The fraction of sp³-hybridized carbons (Fsp3) is 0.636. The number of hydrogen-bond acceptors (Lipinski definition) is 5. The Morgan fingerprint density at radius 2 is 1.82 bits per heavy atom. The highest BCUT2D eigenvalue weighted by atomic mass is 35.5. The van der Waals surface area contributed by atoms with Crippen LogP contribution in [-0.4, -0.2) is 48.2 Å². The second-order valence-electron chi connectivity index (χ2n) is 7.98. The molecule has 1 aliphatic heterocycles. The van der Waals surface area contributed by atoms with Crippen LogP contribution < -0.4 is 9.47 Å². The maximum absolute atomic E-state index is 6.27. The van der Waals surface area contributed by atoms with Crippen molar-refractivity contribution in [1.82, 2.24) is 14.9 Å². The zero-order valence-corrected chi connectivity index (χ0v) is 17.5. The van der Waals surface area contributed by atoms with Crippen LogP contribution in [0.5, 0.6) is 11.5 Å². The smallest absolute Gasteiger partial charge is 0.223 e. The molecule has 6 heteroatoms. The van der Waals surface area contributed by atoms with Crippen molar-refractivity contribution in [2.45, 2.75) is 57.3 Å². The zero-order valence-electron chi connectivity index (χ0n) is 16.8. The van der Waals surface area contributed by atoms with Crippen molar-refractivity contribution in [1.29, 1.82) is 0 Å². The van der Waals surface area contributed by atoms with Gasteiger partial charge in [0.15, 0.2) is 11.5 Å². The highest BCUT2D eigenvalue weighted by molar-refractivity contribution is 6.28. The van der Waals surface area contributed by atoms with Gasteiger partial charge in [-0.25, -0.2) is 9.97 Å². The standard InChI is InChI=1S/C22H30ClN3O2/c1-27-19-14-17-18(15-20(19)28-13-7-12-26-10-5-6-11-26)24-22(23)25-21(17)16-8-3-2-4-9-16/h14-16H,2-13H2,1H3. The van der Waals surface area contributed by atoms with Crippen LogP contribution in [0.3, 0.4) is 0 Å². The molecule has 1 aliphatic carbocycles. The van der Waals surface area contributed by atoms with Gasteiger partial charge < -0.3 is 14.4 Å². The van der Waals surface area contributed by atoms with Gasteiger partial charge in [0.25, 0.3) is 0 Å². The van der Waals surface area contributed by atoms with E-state index in [0.29, 0.717) is 17.8 Å². The highest BCUT2D eigenvalue weighted by Gasteiger charge is 2.22. The number of rotatable bonds is 7. The number of aromatic nitrogens is 2. The Morgan fingerprint density at radius 1 is 1.04 bits per heavy atom. The van der Waals surface area contributed by atoms with E-state index in [9.17, 15) is 0 Å². The minimum absolute atomic E-state index is 0.318. The van der Waals surface area contributed by atoms with Crippen LogP contribution in [0.15, 0.2) is 12.1 Å². The fourth-order valence-corrected chi connectivity index (χ4v) is 4.75. The van der Waals surface area contributed by atoms with E-state index in [1.54, 1.807) is 7.11 Å². The summed E-state index contributed by atoms with van der Waals surface area (Å²) in [7, 11) is 1.69. The molecule has 2 aromatic rings. The zero-order chi connectivity index (χ0) is 19.3. The quantitative estimate of drug-likeness (QED) is 0.469. The van der Waals surface area contributed by atoms with E-state index >= 15 is 0 Å². The van der Waals surface area contributed by atoms with Crippen molar-refractivity contribution in [2.24, 2.45) is 0 Å². The number of methoxy groups -OCH3 is 1. The minimum atomic E-state index is 0.318. The first-order chi connectivity index (χ1) is 13.7. The molecular weight excluding hydrogens is 374 g/mol. The van der Waals surface area contributed by atoms with Crippen molar-refractivity contribution in [3.8, 4) is 11.5 Å². The summed E-state index contributed by atoms with van der Waals surface area (Å²) < 4.78 is 11.7. The second-order valence-corrected chi connectivity index (χ2v) is 8.32. The van der Waals surface area contributed by atoms with E-state index in [1.165, 1.54) is 58.0 Å². The van der Waals surface area contributed by atoms with Gasteiger partial charge in [-0.05, 0) is 62.9 Å². The van der Waals surface area contributed by atoms with Gasteiger partial charge in [-0.1, -0.05) is 19.3 Å². The minimum Gasteiger partial charge on any atom is -0.493 e. The summed E-state index contributed by atoms with van der Waals surface area (Å²) in [6.07, 6.45) is 9.81. The van der Waals surface area contributed by atoms with E-state index in [4.69, 9.17) is 21.1 Å². The molecule has 1 saturated carbocycles. The molecule has 4 rings (SSSR count). The maximum Gasteiger partial charge on any atom is 0.223 e. The van der Waals surface area contributed by atoms with Crippen molar-refractivity contribution in [2.75, 3.05) is 33.4 Å². The molecule has 1 saturated heterocycles. The average Bonchev–Trinajstić information content (AvgIpc) is 3.24. The Morgan fingerprint density at radius 3 is 2.57 bits per heavy atom. The summed E-state index contributed by atoms with van der Waals surface area (Å²) in [5, 5.41) is 1.36. The molecule has 0 unspecified atom stereocenters. The van der Waals surface area contributed by atoms with Crippen molar-refractivity contribution in [3.63, 3.8) is 0 Å². The van der Waals surface area contributed by atoms with E-state index in [1.807, 2.05) is 12.1 Å². The first-order valence-corrected chi connectivity index (χ1v) is 11.0. The van der Waals surface area contributed by atoms with E-state index in [0.717, 1.165) is 41.1 Å². The fourth-order valence-electron chi connectivity index (χ4n) is 4.57. The molecule has 28 heavy (non-hydrogen) atoms. The summed E-state index contributed by atoms with van der Waals surface area (Å²) >= 11 is 6.27. The second kappa shape index (κ2) is 9.27. The Kier molecular flexibility index (Phi) is 6.53. The number of ether oxygens (including phenoxy) is 2. The SMILES string of the molecule is COc1cc2c(C3CCCCC3)nc(Cl)nc2cc1OCCCN1CCCC1. The van der Waals surface area contributed by atoms with Crippen LogP contribution in [0.1, 0.15) is 63.0 Å². The summed E-state index contributed by atoms with van der Waals surface area (Å²) in [5.41, 5.74) is 1.91. The topological polar surface area (TPSA) is 47.5 Å². The monoisotopic (exact) mass is 403 g/mol. The molecule has 0 amide bonds. The van der Waals surface area contributed by atoms with Gasteiger partial charge in [0, 0.05) is 23.9 Å². The first-order valence-electron chi connectivity index (χ1n) is 10.6. The van der Waals surface area contributed by atoms with Crippen molar-refractivity contribution < 1.29 is 9.47 Å². The van der Waals surface area contributed by atoms with Crippen LogP contribution in [0, 0.1) is 0 Å². The number of benzene rings is 1. The van der Waals surface area contributed by atoms with Crippen LogP contribution in [0.25, 0.3) is 10.9 Å². The molecule has 0 radical (unpaired) electrons. The molecule has 1 aromatic heterocycles. The number of nitrogens with zero attached hydrogens (tertiary/aromatic N) is 3. The lowest BCUT2D eigenvalue weighted by Crippen LogP contribution is -2.21. The van der Waals surface area contributed by atoms with Crippen molar-refractivity contribution in [3.05, 3.63) is 23.1 Å². The van der Waals surface area contributed by atoms with Gasteiger partial charge >= 0.3 is 0 Å². The van der Waals surface area contributed by atoms with Crippen molar-refractivity contribution >= 4 is 22.5 Å².